The largest absolute Gasteiger partial charge is 0.343 e. The van der Waals surface area contributed by atoms with Crippen LogP contribution in [0.25, 0.3) is 0 Å². The molecule has 96 valence electrons. The minimum Gasteiger partial charge on any atom is -0.270 e. The number of halogens is 1. The van der Waals surface area contributed by atoms with Crippen LogP contribution in [0.2, 0.25) is 5.15 Å². The summed E-state index contributed by atoms with van der Waals surface area (Å²) in [5.74, 6) is 0.633. The fourth-order valence-electron chi connectivity index (χ4n) is 1.50. The van der Waals surface area contributed by atoms with Gasteiger partial charge in [0.15, 0.2) is 5.16 Å². The molecule has 2 heterocycles. The van der Waals surface area contributed by atoms with Gasteiger partial charge in [0.2, 0.25) is 0 Å². The number of rotatable bonds is 5. The van der Waals surface area contributed by atoms with Crippen LogP contribution in [0.15, 0.2) is 28.2 Å². The highest BCUT2D eigenvalue weighted by atomic mass is 35.5. The fourth-order valence-corrected chi connectivity index (χ4v) is 2.56. The van der Waals surface area contributed by atoms with E-state index in [2.05, 4.69) is 15.2 Å². The highest BCUT2D eigenvalue weighted by Crippen LogP contribution is 2.19. The summed E-state index contributed by atoms with van der Waals surface area (Å²) in [6.45, 7) is 2.69. The zero-order valence-electron chi connectivity index (χ0n) is 9.89. The lowest BCUT2D eigenvalue weighted by Gasteiger charge is -2.03. The molecule has 0 spiro atoms. The van der Waals surface area contributed by atoms with E-state index < -0.39 is 0 Å². The maximum atomic E-state index is 11.5. The van der Waals surface area contributed by atoms with Gasteiger partial charge in [0.25, 0.3) is 0 Å². The third-order valence-electron chi connectivity index (χ3n) is 2.29. The quantitative estimate of drug-likeness (QED) is 0.676. The van der Waals surface area contributed by atoms with Gasteiger partial charge < -0.3 is 0 Å². The van der Waals surface area contributed by atoms with Gasteiger partial charge in [-0.2, -0.15) is 0 Å². The van der Waals surface area contributed by atoms with E-state index in [1.54, 1.807) is 10.6 Å². The predicted molar refractivity (Wildman–Crippen MR) is 71.9 cm³/mol. The van der Waals surface area contributed by atoms with Gasteiger partial charge in [0.1, 0.15) is 5.15 Å². The number of thioether (sulfide) groups is 1. The molecule has 18 heavy (non-hydrogen) atoms. The first-order chi connectivity index (χ1) is 8.70. The Labute approximate surface area is 114 Å². The van der Waals surface area contributed by atoms with E-state index in [4.69, 9.17) is 11.6 Å². The summed E-state index contributed by atoms with van der Waals surface area (Å²) in [6.07, 6.45) is 0.891. The zero-order chi connectivity index (χ0) is 13.0. The first-order valence-electron chi connectivity index (χ1n) is 5.60. The Balaban J connectivity index is 2.08. The molecule has 2 aromatic heterocycles. The molecule has 0 aromatic carbocycles. The normalized spacial score (nSPS) is 10.8. The highest BCUT2D eigenvalue weighted by Gasteiger charge is 2.08. The third kappa shape index (κ3) is 3.14. The Hall–Kier alpha value is -1.27. The lowest BCUT2D eigenvalue weighted by molar-refractivity contribution is 0.603. The standard InChI is InChI=1S/C11H13ClN4OS/c1-2-6-16-10(17)14-15-11(16)18-7-8-4-3-5-9(12)13-8/h3-5H,2,6-7H2,1H3,(H,14,17). The summed E-state index contributed by atoms with van der Waals surface area (Å²) in [4.78, 5) is 15.7. The minimum absolute atomic E-state index is 0.168. The molecule has 0 saturated heterocycles. The molecule has 0 saturated carbocycles. The molecule has 0 amide bonds. The number of pyridine rings is 1. The van der Waals surface area contributed by atoms with Gasteiger partial charge in [-0.25, -0.2) is 14.9 Å². The van der Waals surface area contributed by atoms with Crippen molar-refractivity contribution in [3.8, 4) is 0 Å². The molecule has 0 aliphatic rings. The topological polar surface area (TPSA) is 63.6 Å². The smallest absolute Gasteiger partial charge is 0.270 e. The number of nitrogens with zero attached hydrogens (tertiary/aromatic N) is 3. The summed E-state index contributed by atoms with van der Waals surface area (Å²) in [5, 5.41) is 7.62. The number of hydrogen-bond acceptors (Lipinski definition) is 4. The summed E-state index contributed by atoms with van der Waals surface area (Å²) in [6, 6.07) is 5.49. The minimum atomic E-state index is -0.168. The molecule has 2 aromatic rings. The maximum absolute atomic E-state index is 11.5. The van der Waals surface area contributed by atoms with Crippen molar-refractivity contribution in [1.82, 2.24) is 19.7 Å². The van der Waals surface area contributed by atoms with Gasteiger partial charge >= 0.3 is 5.69 Å². The van der Waals surface area contributed by atoms with Crippen LogP contribution in [0, 0.1) is 0 Å². The van der Waals surface area contributed by atoms with Gasteiger partial charge in [-0.05, 0) is 18.6 Å². The molecule has 0 bridgehead atoms. The Kier molecular flexibility index (Phi) is 4.43. The maximum Gasteiger partial charge on any atom is 0.343 e. The number of hydrogen-bond donors (Lipinski definition) is 1. The first kappa shape index (κ1) is 13.2. The van der Waals surface area contributed by atoms with Gasteiger partial charge in [0.05, 0.1) is 5.69 Å². The van der Waals surface area contributed by atoms with Crippen LogP contribution >= 0.6 is 23.4 Å². The summed E-state index contributed by atoms with van der Waals surface area (Å²) >= 11 is 7.28. The van der Waals surface area contributed by atoms with Crippen LogP contribution in [0.1, 0.15) is 19.0 Å². The predicted octanol–water partition coefficient (Wildman–Crippen LogP) is 2.32. The molecule has 1 N–H and O–H groups in total. The van der Waals surface area contributed by atoms with Crippen LogP contribution < -0.4 is 5.69 Å². The van der Waals surface area contributed by atoms with E-state index in [0.29, 0.717) is 22.6 Å². The van der Waals surface area contributed by atoms with Gasteiger partial charge in [-0.15, -0.1) is 5.10 Å². The molecule has 7 heteroatoms. The Bertz CT molecular complexity index is 580. The Morgan fingerprint density at radius 2 is 2.33 bits per heavy atom. The molecular formula is C11H13ClN4OS. The van der Waals surface area contributed by atoms with Crippen LogP contribution in [-0.2, 0) is 12.3 Å². The summed E-state index contributed by atoms with van der Waals surface area (Å²) in [7, 11) is 0. The summed E-state index contributed by atoms with van der Waals surface area (Å²) < 4.78 is 1.63. The van der Waals surface area contributed by atoms with E-state index >= 15 is 0 Å². The fraction of sp³-hybridized carbons (Fsp3) is 0.364. The van der Waals surface area contributed by atoms with Crippen molar-refractivity contribution in [3.05, 3.63) is 39.5 Å². The molecule has 5 nitrogen and oxygen atoms in total. The SMILES string of the molecule is CCCn1c(SCc2cccc(Cl)n2)n[nH]c1=O. The monoisotopic (exact) mass is 284 g/mol. The lowest BCUT2D eigenvalue weighted by Crippen LogP contribution is -2.17. The van der Waals surface area contributed by atoms with Gasteiger partial charge in [-0.1, -0.05) is 36.4 Å². The van der Waals surface area contributed by atoms with E-state index in [0.717, 1.165) is 12.1 Å². The summed E-state index contributed by atoms with van der Waals surface area (Å²) in [5.41, 5.74) is 0.699. The molecule has 0 fully saturated rings. The second kappa shape index (κ2) is 6.06. The highest BCUT2D eigenvalue weighted by molar-refractivity contribution is 7.98. The van der Waals surface area contributed by atoms with Crippen LogP contribution in [0.3, 0.4) is 0 Å². The van der Waals surface area contributed by atoms with Crippen molar-refractivity contribution in [2.24, 2.45) is 0 Å². The van der Waals surface area contributed by atoms with Gasteiger partial charge in [0, 0.05) is 12.3 Å². The van der Waals surface area contributed by atoms with Gasteiger partial charge in [-0.3, -0.25) is 4.57 Å². The molecular weight excluding hydrogens is 272 g/mol. The average Bonchev–Trinajstić information content (AvgIpc) is 2.69. The second-order valence-corrected chi connectivity index (χ2v) is 5.03. The number of aromatic amines is 1. The van der Waals surface area contributed by atoms with Crippen molar-refractivity contribution in [3.63, 3.8) is 0 Å². The number of aromatic nitrogens is 4. The van der Waals surface area contributed by atoms with Crippen molar-refractivity contribution >= 4 is 23.4 Å². The molecule has 0 unspecified atom stereocenters. The first-order valence-corrected chi connectivity index (χ1v) is 6.96. The van der Waals surface area contributed by atoms with Crippen molar-refractivity contribution in [2.45, 2.75) is 30.8 Å². The molecule has 0 atom stereocenters. The number of H-pyrrole nitrogens is 1. The van der Waals surface area contributed by atoms with E-state index in [9.17, 15) is 4.79 Å². The molecule has 0 aliphatic carbocycles. The Morgan fingerprint density at radius 3 is 3.06 bits per heavy atom. The van der Waals surface area contributed by atoms with Crippen molar-refractivity contribution < 1.29 is 0 Å². The number of nitrogens with one attached hydrogen (secondary N) is 1. The van der Waals surface area contributed by atoms with Crippen molar-refractivity contribution in [2.75, 3.05) is 0 Å². The van der Waals surface area contributed by atoms with Crippen molar-refractivity contribution in [1.29, 1.82) is 0 Å². The third-order valence-corrected chi connectivity index (χ3v) is 3.51. The van der Waals surface area contributed by atoms with E-state index in [1.165, 1.54) is 11.8 Å². The Morgan fingerprint density at radius 1 is 1.50 bits per heavy atom. The van der Waals surface area contributed by atoms with E-state index in [-0.39, 0.29) is 5.69 Å². The zero-order valence-corrected chi connectivity index (χ0v) is 11.5. The lowest BCUT2D eigenvalue weighted by atomic mass is 10.4. The van der Waals surface area contributed by atoms with Crippen LogP contribution in [0.4, 0.5) is 0 Å². The average molecular weight is 285 g/mol. The van der Waals surface area contributed by atoms with E-state index in [1.807, 2.05) is 19.1 Å². The second-order valence-electron chi connectivity index (χ2n) is 3.70. The van der Waals surface area contributed by atoms with Crippen LogP contribution in [-0.4, -0.2) is 19.7 Å². The van der Waals surface area contributed by atoms with Crippen LogP contribution in [0.5, 0.6) is 0 Å². The molecule has 0 aliphatic heterocycles. The molecule has 0 radical (unpaired) electrons. The molecule has 2 rings (SSSR count).